The Morgan fingerprint density at radius 1 is 0.947 bits per heavy atom. The van der Waals surface area contributed by atoms with Gasteiger partial charge < -0.3 is 29.8 Å². The number of hydrogen-bond donors (Lipinski definition) is 3. The SMILES string of the molecule is COc1ccc(Br)cc1NC(=O)Nc1cccc2c1ccn2Cc1ccnc(NC(=O)c2nccn2C)c1. The number of halogens is 1. The van der Waals surface area contributed by atoms with Gasteiger partial charge in [-0.25, -0.2) is 14.8 Å². The normalized spacial score (nSPS) is 10.8. The van der Waals surface area contributed by atoms with Gasteiger partial charge in [0.25, 0.3) is 5.91 Å². The molecule has 3 amide bonds. The molecule has 0 fully saturated rings. The lowest BCUT2D eigenvalue weighted by molar-refractivity contribution is 0.101. The number of aryl methyl sites for hydroxylation is 1. The Morgan fingerprint density at radius 3 is 2.58 bits per heavy atom. The van der Waals surface area contributed by atoms with Gasteiger partial charge in [-0.15, -0.1) is 0 Å². The van der Waals surface area contributed by atoms with Crippen LogP contribution in [-0.4, -0.2) is 38.2 Å². The van der Waals surface area contributed by atoms with E-state index in [4.69, 9.17) is 4.74 Å². The first-order chi connectivity index (χ1) is 18.4. The van der Waals surface area contributed by atoms with E-state index < -0.39 is 0 Å². The van der Waals surface area contributed by atoms with Gasteiger partial charge in [-0.1, -0.05) is 22.0 Å². The number of pyridine rings is 1. The molecule has 5 rings (SSSR count). The molecule has 3 N–H and O–H groups in total. The van der Waals surface area contributed by atoms with Crippen LogP contribution in [0.3, 0.4) is 0 Å². The average molecular weight is 574 g/mol. The molecule has 0 saturated heterocycles. The van der Waals surface area contributed by atoms with Crippen LogP contribution >= 0.6 is 15.9 Å². The molecule has 10 nitrogen and oxygen atoms in total. The molecule has 0 aliphatic heterocycles. The highest BCUT2D eigenvalue weighted by molar-refractivity contribution is 9.10. The lowest BCUT2D eigenvalue weighted by Crippen LogP contribution is -2.20. The number of methoxy groups -OCH3 is 1. The summed E-state index contributed by atoms with van der Waals surface area (Å²) in [5.41, 5.74) is 3.11. The van der Waals surface area contributed by atoms with E-state index in [0.717, 1.165) is 20.9 Å². The number of rotatable bonds is 7. The molecule has 0 bridgehead atoms. The van der Waals surface area contributed by atoms with Crippen LogP contribution in [0.5, 0.6) is 5.75 Å². The zero-order valence-electron chi connectivity index (χ0n) is 20.6. The molecule has 11 heteroatoms. The molecule has 0 aliphatic rings. The Morgan fingerprint density at radius 2 is 1.79 bits per heavy atom. The summed E-state index contributed by atoms with van der Waals surface area (Å²) in [6, 6.07) is 16.4. The van der Waals surface area contributed by atoms with Gasteiger partial charge in [0, 0.05) is 48.2 Å². The highest BCUT2D eigenvalue weighted by atomic mass is 79.9. The van der Waals surface area contributed by atoms with Crippen LogP contribution in [0.1, 0.15) is 16.2 Å². The van der Waals surface area contributed by atoms with Gasteiger partial charge in [-0.2, -0.15) is 0 Å². The first-order valence-corrected chi connectivity index (χ1v) is 12.4. The minimum absolute atomic E-state index is 0.302. The molecule has 0 aliphatic carbocycles. The second-order valence-corrected chi connectivity index (χ2v) is 9.39. The topological polar surface area (TPSA) is 115 Å². The Hall–Kier alpha value is -4.64. The van der Waals surface area contributed by atoms with E-state index in [9.17, 15) is 9.59 Å². The third-order valence-corrected chi connectivity index (χ3v) is 6.41. The number of amides is 3. The molecule has 0 radical (unpaired) electrons. The number of urea groups is 1. The number of fused-ring (bicyclic) bond motifs is 1. The fourth-order valence-electron chi connectivity index (χ4n) is 4.12. The molecule has 5 aromatic rings. The zero-order chi connectivity index (χ0) is 26.6. The molecular formula is C27H24BrN7O3. The van der Waals surface area contributed by atoms with Crippen molar-refractivity contribution in [3.63, 3.8) is 0 Å². The van der Waals surface area contributed by atoms with E-state index in [0.29, 0.717) is 35.3 Å². The van der Waals surface area contributed by atoms with E-state index in [2.05, 4.69) is 46.4 Å². The molecule has 0 saturated carbocycles. The maximum absolute atomic E-state index is 12.8. The highest BCUT2D eigenvalue weighted by Crippen LogP contribution is 2.29. The molecule has 192 valence electrons. The summed E-state index contributed by atoms with van der Waals surface area (Å²) in [6.07, 6.45) is 6.89. The van der Waals surface area contributed by atoms with Crippen LogP contribution in [0, 0.1) is 0 Å². The van der Waals surface area contributed by atoms with Crippen LogP contribution in [0.4, 0.5) is 22.0 Å². The number of hydrogen-bond acceptors (Lipinski definition) is 5. The van der Waals surface area contributed by atoms with E-state index in [1.807, 2.05) is 48.7 Å². The van der Waals surface area contributed by atoms with Gasteiger partial charge in [-0.05, 0) is 54.1 Å². The molecule has 0 spiro atoms. The van der Waals surface area contributed by atoms with E-state index in [1.54, 1.807) is 49.4 Å². The highest BCUT2D eigenvalue weighted by Gasteiger charge is 2.14. The van der Waals surface area contributed by atoms with Crippen molar-refractivity contribution in [1.82, 2.24) is 19.1 Å². The largest absolute Gasteiger partial charge is 0.495 e. The predicted octanol–water partition coefficient (Wildman–Crippen LogP) is 5.49. The van der Waals surface area contributed by atoms with Gasteiger partial charge in [0.2, 0.25) is 0 Å². The quantitative estimate of drug-likeness (QED) is 0.238. The number of aromatic nitrogens is 4. The van der Waals surface area contributed by atoms with Crippen LogP contribution in [0.25, 0.3) is 10.9 Å². The van der Waals surface area contributed by atoms with Crippen molar-refractivity contribution in [2.24, 2.45) is 7.05 Å². The van der Waals surface area contributed by atoms with Crippen molar-refractivity contribution in [1.29, 1.82) is 0 Å². The van der Waals surface area contributed by atoms with Crippen molar-refractivity contribution in [3.05, 3.63) is 95.2 Å². The van der Waals surface area contributed by atoms with Crippen molar-refractivity contribution >= 4 is 56.0 Å². The van der Waals surface area contributed by atoms with E-state index in [-0.39, 0.29) is 11.9 Å². The van der Waals surface area contributed by atoms with Gasteiger partial charge in [0.15, 0.2) is 5.82 Å². The molecular weight excluding hydrogens is 550 g/mol. The summed E-state index contributed by atoms with van der Waals surface area (Å²) in [4.78, 5) is 33.6. The number of imidazole rings is 1. The van der Waals surface area contributed by atoms with Gasteiger partial charge in [-0.3, -0.25) is 4.79 Å². The Labute approximate surface area is 226 Å². The Kier molecular flexibility index (Phi) is 7.09. The summed E-state index contributed by atoms with van der Waals surface area (Å²) >= 11 is 3.41. The lowest BCUT2D eigenvalue weighted by atomic mass is 10.2. The maximum Gasteiger partial charge on any atom is 0.323 e. The molecule has 0 atom stereocenters. The van der Waals surface area contributed by atoms with Crippen molar-refractivity contribution in [2.75, 3.05) is 23.1 Å². The monoisotopic (exact) mass is 573 g/mol. The summed E-state index contributed by atoms with van der Waals surface area (Å²) < 4.78 is 9.87. The third-order valence-electron chi connectivity index (χ3n) is 5.91. The number of benzene rings is 2. The number of anilines is 3. The van der Waals surface area contributed by atoms with E-state index >= 15 is 0 Å². The zero-order valence-corrected chi connectivity index (χ0v) is 22.2. The van der Waals surface area contributed by atoms with Crippen molar-refractivity contribution in [3.8, 4) is 5.75 Å². The summed E-state index contributed by atoms with van der Waals surface area (Å²) in [7, 11) is 3.31. The van der Waals surface area contributed by atoms with Crippen LogP contribution in [0.2, 0.25) is 0 Å². The second-order valence-electron chi connectivity index (χ2n) is 8.47. The summed E-state index contributed by atoms with van der Waals surface area (Å²) in [5.74, 6) is 0.966. The number of ether oxygens (including phenoxy) is 1. The first kappa shape index (κ1) is 25.0. The first-order valence-electron chi connectivity index (χ1n) is 11.6. The van der Waals surface area contributed by atoms with Gasteiger partial charge >= 0.3 is 6.03 Å². The van der Waals surface area contributed by atoms with Crippen molar-refractivity contribution in [2.45, 2.75) is 6.54 Å². The second kappa shape index (κ2) is 10.8. The molecule has 3 aromatic heterocycles. The fourth-order valence-corrected chi connectivity index (χ4v) is 4.48. The number of carbonyl (C=O) groups excluding carboxylic acids is 2. The number of nitrogens with one attached hydrogen (secondary N) is 3. The molecule has 3 heterocycles. The fraction of sp³-hybridized carbons (Fsp3) is 0.111. The molecule has 0 unspecified atom stereocenters. The van der Waals surface area contributed by atoms with Crippen LogP contribution in [0.15, 0.2) is 83.9 Å². The Balaban J connectivity index is 1.31. The lowest BCUT2D eigenvalue weighted by Gasteiger charge is -2.13. The van der Waals surface area contributed by atoms with Crippen molar-refractivity contribution < 1.29 is 14.3 Å². The predicted molar refractivity (Wildman–Crippen MR) is 150 cm³/mol. The van der Waals surface area contributed by atoms with Crippen LogP contribution in [-0.2, 0) is 13.6 Å². The standard InChI is InChI=1S/C27H24BrN7O3/c1-34-13-11-30-25(34)26(36)33-24-14-17(8-10-29-24)16-35-12-9-19-20(4-3-5-22(19)35)31-27(37)32-21-15-18(28)6-7-23(21)38-2/h3-15H,16H2,1-2H3,(H,29,33,36)(H2,31,32,37). The summed E-state index contributed by atoms with van der Waals surface area (Å²) in [5, 5.41) is 9.45. The van der Waals surface area contributed by atoms with Crippen LogP contribution < -0.4 is 20.7 Å². The Bertz CT molecular complexity index is 1640. The average Bonchev–Trinajstić information content (AvgIpc) is 3.51. The maximum atomic E-state index is 12.8. The third kappa shape index (κ3) is 5.37. The summed E-state index contributed by atoms with van der Waals surface area (Å²) in [6.45, 7) is 0.544. The molecule has 38 heavy (non-hydrogen) atoms. The van der Waals surface area contributed by atoms with Gasteiger partial charge in [0.05, 0.1) is 24.0 Å². The minimum Gasteiger partial charge on any atom is -0.495 e. The number of nitrogens with zero attached hydrogens (tertiary/aromatic N) is 4. The number of carbonyl (C=O) groups is 2. The van der Waals surface area contributed by atoms with E-state index in [1.165, 1.54) is 0 Å². The smallest absolute Gasteiger partial charge is 0.323 e. The van der Waals surface area contributed by atoms with Gasteiger partial charge in [0.1, 0.15) is 11.6 Å². The minimum atomic E-state index is -0.385. The molecule has 2 aromatic carbocycles.